The first kappa shape index (κ1) is 24.7. The van der Waals surface area contributed by atoms with Gasteiger partial charge in [0.15, 0.2) is 11.5 Å². The summed E-state index contributed by atoms with van der Waals surface area (Å²) in [5.74, 6) is 1.01. The van der Waals surface area contributed by atoms with Gasteiger partial charge >= 0.3 is 0 Å². The van der Waals surface area contributed by atoms with Crippen molar-refractivity contribution in [2.45, 2.75) is 20.4 Å². The highest BCUT2D eigenvalue weighted by atomic mass is 32.1. The minimum atomic E-state index is -0.235. The van der Waals surface area contributed by atoms with Crippen LogP contribution < -0.4 is 24.4 Å². The predicted molar refractivity (Wildman–Crippen MR) is 139 cm³/mol. The van der Waals surface area contributed by atoms with Gasteiger partial charge in [-0.1, -0.05) is 6.07 Å². The Labute approximate surface area is 212 Å². The highest BCUT2D eigenvalue weighted by Crippen LogP contribution is 2.42. The third-order valence-corrected chi connectivity index (χ3v) is 7.91. The molecule has 3 heterocycles. The number of ether oxygens (including phenoxy) is 3. The van der Waals surface area contributed by atoms with Crippen molar-refractivity contribution in [1.82, 2.24) is 5.32 Å². The van der Waals surface area contributed by atoms with Crippen LogP contribution in [-0.2, 0) is 16.1 Å². The molecule has 0 fully saturated rings. The van der Waals surface area contributed by atoms with E-state index in [-0.39, 0.29) is 24.9 Å². The molecule has 1 aromatic carbocycles. The van der Waals surface area contributed by atoms with E-state index in [9.17, 15) is 9.59 Å². The van der Waals surface area contributed by atoms with E-state index >= 15 is 0 Å². The molecule has 0 saturated heterocycles. The van der Waals surface area contributed by atoms with Crippen molar-refractivity contribution >= 4 is 45.2 Å². The quantitative estimate of drug-likeness (QED) is 0.493. The number of amides is 2. The van der Waals surface area contributed by atoms with Gasteiger partial charge in [-0.2, -0.15) is 0 Å². The standard InChI is InChI=1S/C25H27N3O5S2/c1-14-15(2)35-25-22(14)23(16-9-18(31-3)24(33-5)19(10-16)32-4)27-12-21(30)28(25)13-20(29)26-11-17-7-6-8-34-17/h6-10H,11-13H2,1-5H3,(H,26,29). The monoisotopic (exact) mass is 513 g/mol. The molecule has 0 saturated carbocycles. The van der Waals surface area contributed by atoms with E-state index in [0.29, 0.717) is 34.5 Å². The predicted octanol–water partition coefficient (Wildman–Crippen LogP) is 3.95. The van der Waals surface area contributed by atoms with Gasteiger partial charge < -0.3 is 19.5 Å². The minimum absolute atomic E-state index is 0.0747. The molecule has 0 radical (unpaired) electrons. The van der Waals surface area contributed by atoms with Crippen LogP contribution in [0.2, 0.25) is 0 Å². The van der Waals surface area contributed by atoms with Crippen molar-refractivity contribution in [2.75, 3.05) is 39.3 Å². The lowest BCUT2D eigenvalue weighted by molar-refractivity contribution is -0.123. The fourth-order valence-electron chi connectivity index (χ4n) is 3.91. The number of thiophene rings is 2. The first-order valence-electron chi connectivity index (χ1n) is 10.9. The zero-order valence-corrected chi connectivity index (χ0v) is 21.9. The largest absolute Gasteiger partial charge is 0.493 e. The van der Waals surface area contributed by atoms with Gasteiger partial charge in [0, 0.05) is 20.9 Å². The topological polar surface area (TPSA) is 89.5 Å². The summed E-state index contributed by atoms with van der Waals surface area (Å²) in [6, 6.07) is 7.55. The third kappa shape index (κ3) is 4.89. The molecular weight excluding hydrogens is 486 g/mol. The second kappa shape index (κ2) is 10.5. The second-order valence-electron chi connectivity index (χ2n) is 7.88. The van der Waals surface area contributed by atoms with Gasteiger partial charge in [-0.05, 0) is 43.0 Å². The van der Waals surface area contributed by atoms with E-state index in [4.69, 9.17) is 19.2 Å². The lowest BCUT2D eigenvalue weighted by Crippen LogP contribution is -2.41. The van der Waals surface area contributed by atoms with E-state index in [2.05, 4.69) is 5.32 Å². The highest BCUT2D eigenvalue weighted by Gasteiger charge is 2.31. The summed E-state index contributed by atoms with van der Waals surface area (Å²) in [7, 11) is 4.66. The maximum atomic E-state index is 13.2. The minimum Gasteiger partial charge on any atom is -0.493 e. The van der Waals surface area contributed by atoms with E-state index in [1.54, 1.807) is 32.7 Å². The van der Waals surface area contributed by atoms with Crippen molar-refractivity contribution in [1.29, 1.82) is 0 Å². The number of nitrogens with zero attached hydrogens (tertiary/aromatic N) is 2. The number of hydrogen-bond donors (Lipinski definition) is 1. The highest BCUT2D eigenvalue weighted by molar-refractivity contribution is 7.17. The normalized spacial score (nSPS) is 13.1. The van der Waals surface area contributed by atoms with Gasteiger partial charge in [0.1, 0.15) is 18.1 Å². The van der Waals surface area contributed by atoms with Crippen LogP contribution in [0.25, 0.3) is 0 Å². The van der Waals surface area contributed by atoms with Gasteiger partial charge in [0.2, 0.25) is 17.6 Å². The SMILES string of the molecule is COc1cc(C2=NCC(=O)N(CC(=O)NCc3cccs3)c3sc(C)c(C)c32)cc(OC)c1OC. The first-order chi connectivity index (χ1) is 16.9. The summed E-state index contributed by atoms with van der Waals surface area (Å²) in [5, 5.41) is 5.58. The van der Waals surface area contributed by atoms with Crippen molar-refractivity contribution < 1.29 is 23.8 Å². The molecule has 1 aliphatic rings. The number of nitrogens with one attached hydrogen (secondary N) is 1. The van der Waals surface area contributed by atoms with Crippen LogP contribution in [0.1, 0.15) is 26.4 Å². The molecule has 3 aromatic rings. The van der Waals surface area contributed by atoms with Crippen molar-refractivity contribution in [3.8, 4) is 17.2 Å². The van der Waals surface area contributed by atoms with E-state index in [1.165, 1.54) is 16.2 Å². The number of benzene rings is 1. The number of aryl methyl sites for hydroxylation is 1. The number of carbonyl (C=O) groups is 2. The molecule has 0 aliphatic carbocycles. The number of methoxy groups -OCH3 is 3. The molecule has 10 heteroatoms. The number of anilines is 1. The maximum Gasteiger partial charge on any atom is 0.249 e. The summed E-state index contributed by atoms with van der Waals surface area (Å²) in [4.78, 5) is 34.3. The Bertz CT molecular complexity index is 1260. The molecular formula is C25H27N3O5S2. The van der Waals surface area contributed by atoms with Gasteiger partial charge in [-0.15, -0.1) is 22.7 Å². The Morgan fingerprint density at radius 1 is 1.14 bits per heavy atom. The fraction of sp³-hybridized carbons (Fsp3) is 0.320. The van der Waals surface area contributed by atoms with Crippen LogP contribution in [0.15, 0.2) is 34.6 Å². The van der Waals surface area contributed by atoms with Crippen LogP contribution in [0, 0.1) is 13.8 Å². The van der Waals surface area contributed by atoms with Crippen molar-refractivity contribution in [3.05, 3.63) is 56.1 Å². The number of hydrogen-bond acceptors (Lipinski definition) is 8. The van der Waals surface area contributed by atoms with Gasteiger partial charge in [-0.25, -0.2) is 0 Å². The van der Waals surface area contributed by atoms with Gasteiger partial charge in [-0.3, -0.25) is 19.5 Å². The zero-order valence-electron chi connectivity index (χ0n) is 20.3. The van der Waals surface area contributed by atoms with Crippen LogP contribution in [0.5, 0.6) is 17.2 Å². The summed E-state index contributed by atoms with van der Waals surface area (Å²) < 4.78 is 16.5. The molecule has 35 heavy (non-hydrogen) atoms. The molecule has 1 N–H and O–H groups in total. The molecule has 0 spiro atoms. The second-order valence-corrected chi connectivity index (χ2v) is 10.1. The molecule has 1 aliphatic heterocycles. The van der Waals surface area contributed by atoms with Crippen LogP contribution >= 0.6 is 22.7 Å². The summed E-state index contributed by atoms with van der Waals surface area (Å²) >= 11 is 3.06. The average molecular weight is 514 g/mol. The number of fused-ring (bicyclic) bond motifs is 1. The first-order valence-corrected chi connectivity index (χ1v) is 12.6. The molecule has 4 rings (SSSR count). The third-order valence-electron chi connectivity index (χ3n) is 5.80. The summed E-state index contributed by atoms with van der Waals surface area (Å²) in [5.41, 5.74) is 3.23. The van der Waals surface area contributed by atoms with E-state index in [1.807, 2.05) is 43.5 Å². The van der Waals surface area contributed by atoms with Gasteiger partial charge in [0.25, 0.3) is 0 Å². The van der Waals surface area contributed by atoms with Crippen molar-refractivity contribution in [2.24, 2.45) is 4.99 Å². The van der Waals surface area contributed by atoms with E-state index in [0.717, 1.165) is 26.4 Å². The molecule has 2 aromatic heterocycles. The number of aliphatic imine (C=N–C) groups is 1. The Hall–Kier alpha value is -3.37. The Morgan fingerprint density at radius 3 is 2.46 bits per heavy atom. The molecule has 0 atom stereocenters. The van der Waals surface area contributed by atoms with Crippen molar-refractivity contribution in [3.63, 3.8) is 0 Å². The Balaban J connectivity index is 1.72. The van der Waals surface area contributed by atoms with E-state index < -0.39 is 0 Å². The molecule has 8 nitrogen and oxygen atoms in total. The number of rotatable bonds is 8. The summed E-state index contributed by atoms with van der Waals surface area (Å²) in [6.07, 6.45) is 0. The number of carbonyl (C=O) groups excluding carboxylic acids is 2. The molecule has 0 unspecified atom stereocenters. The van der Waals surface area contributed by atoms with Gasteiger partial charge in [0.05, 0.1) is 33.6 Å². The summed E-state index contributed by atoms with van der Waals surface area (Å²) in [6.45, 7) is 4.28. The molecule has 2 amide bonds. The smallest absolute Gasteiger partial charge is 0.249 e. The fourth-order valence-corrected chi connectivity index (χ4v) is 5.73. The zero-order chi connectivity index (χ0) is 25.1. The van der Waals surface area contributed by atoms with Crippen LogP contribution in [0.4, 0.5) is 5.00 Å². The average Bonchev–Trinajstić information content (AvgIpc) is 3.45. The molecule has 0 bridgehead atoms. The van der Waals surface area contributed by atoms with Crippen LogP contribution in [-0.4, -0.2) is 51.9 Å². The lowest BCUT2D eigenvalue weighted by atomic mass is 9.99. The Morgan fingerprint density at radius 2 is 1.86 bits per heavy atom. The van der Waals surface area contributed by atoms with Crippen LogP contribution in [0.3, 0.4) is 0 Å². The maximum absolute atomic E-state index is 13.2. The molecule has 184 valence electrons. The Kier molecular flexibility index (Phi) is 7.42. The lowest BCUT2D eigenvalue weighted by Gasteiger charge is -2.20.